The molecular formula is C12H17N3. The minimum atomic E-state index is 0.492. The fourth-order valence-corrected chi connectivity index (χ4v) is 1.99. The predicted molar refractivity (Wildman–Crippen MR) is 63.1 cm³/mol. The highest BCUT2D eigenvalue weighted by molar-refractivity contribution is 5.40. The molecule has 1 unspecified atom stereocenters. The number of hydrogen-bond acceptors (Lipinski definition) is 3. The van der Waals surface area contributed by atoms with Gasteiger partial charge in [0.25, 0.3) is 0 Å². The Morgan fingerprint density at radius 3 is 3.27 bits per heavy atom. The number of hydrogen-bond donors (Lipinski definition) is 1. The summed E-state index contributed by atoms with van der Waals surface area (Å²) in [6.07, 6.45) is 4.83. The first-order chi connectivity index (χ1) is 7.42. The van der Waals surface area contributed by atoms with E-state index < -0.39 is 0 Å². The molecule has 2 rings (SSSR count). The topological polar surface area (TPSA) is 28.2 Å². The van der Waals surface area contributed by atoms with Gasteiger partial charge in [-0.05, 0) is 18.6 Å². The first kappa shape index (κ1) is 10.2. The maximum absolute atomic E-state index is 4.40. The fourth-order valence-electron chi connectivity index (χ4n) is 1.99. The van der Waals surface area contributed by atoms with Gasteiger partial charge in [0.2, 0.25) is 0 Å². The van der Waals surface area contributed by atoms with E-state index in [-0.39, 0.29) is 0 Å². The second kappa shape index (κ2) is 4.94. The molecular weight excluding hydrogens is 186 g/mol. The highest BCUT2D eigenvalue weighted by atomic mass is 15.3. The van der Waals surface area contributed by atoms with Crippen LogP contribution in [0.15, 0.2) is 37.1 Å². The van der Waals surface area contributed by atoms with Crippen LogP contribution in [-0.4, -0.2) is 30.7 Å². The molecule has 0 spiro atoms. The lowest BCUT2D eigenvalue weighted by Gasteiger charge is -2.36. The molecule has 3 nitrogen and oxygen atoms in total. The zero-order valence-corrected chi connectivity index (χ0v) is 8.89. The third-order valence-electron chi connectivity index (χ3n) is 2.73. The van der Waals surface area contributed by atoms with Gasteiger partial charge in [-0.2, -0.15) is 0 Å². The van der Waals surface area contributed by atoms with E-state index in [1.54, 1.807) is 0 Å². The van der Waals surface area contributed by atoms with Crippen molar-refractivity contribution in [1.82, 2.24) is 10.3 Å². The molecule has 1 N–H and O–H groups in total. The lowest BCUT2D eigenvalue weighted by molar-refractivity contribution is 0.475. The monoisotopic (exact) mass is 203 g/mol. The number of aromatic nitrogens is 1. The maximum Gasteiger partial charge on any atom is 0.128 e. The van der Waals surface area contributed by atoms with Crippen molar-refractivity contribution in [3.63, 3.8) is 0 Å². The lowest BCUT2D eigenvalue weighted by Crippen LogP contribution is -2.51. The van der Waals surface area contributed by atoms with Gasteiger partial charge < -0.3 is 10.2 Å². The van der Waals surface area contributed by atoms with E-state index in [1.165, 1.54) is 0 Å². The van der Waals surface area contributed by atoms with Gasteiger partial charge in [0, 0.05) is 31.9 Å². The van der Waals surface area contributed by atoms with Crippen LogP contribution in [0.2, 0.25) is 0 Å². The molecule has 0 amide bonds. The van der Waals surface area contributed by atoms with Crippen LogP contribution in [0, 0.1) is 0 Å². The molecule has 1 aliphatic heterocycles. The normalized spacial score (nSPS) is 21.3. The van der Waals surface area contributed by atoms with Crippen LogP contribution >= 0.6 is 0 Å². The van der Waals surface area contributed by atoms with Crippen LogP contribution in [0.5, 0.6) is 0 Å². The molecule has 0 saturated carbocycles. The molecule has 3 heteroatoms. The molecule has 1 aromatic rings. The van der Waals surface area contributed by atoms with E-state index in [0.717, 1.165) is 31.9 Å². The average molecular weight is 203 g/mol. The Kier molecular flexibility index (Phi) is 3.35. The van der Waals surface area contributed by atoms with Crippen LogP contribution in [0.1, 0.15) is 6.42 Å². The molecule has 0 radical (unpaired) electrons. The Balaban J connectivity index is 2.14. The summed E-state index contributed by atoms with van der Waals surface area (Å²) in [6.45, 7) is 6.88. The summed E-state index contributed by atoms with van der Waals surface area (Å²) in [6, 6.07) is 6.55. The first-order valence-corrected chi connectivity index (χ1v) is 5.41. The van der Waals surface area contributed by atoms with E-state index in [1.807, 2.05) is 24.4 Å². The molecule has 1 saturated heterocycles. The van der Waals surface area contributed by atoms with Crippen LogP contribution in [-0.2, 0) is 0 Å². The van der Waals surface area contributed by atoms with E-state index in [9.17, 15) is 0 Å². The Morgan fingerprint density at radius 1 is 1.60 bits per heavy atom. The summed E-state index contributed by atoms with van der Waals surface area (Å²) < 4.78 is 0. The van der Waals surface area contributed by atoms with Gasteiger partial charge in [0.15, 0.2) is 0 Å². The van der Waals surface area contributed by atoms with Gasteiger partial charge in [-0.3, -0.25) is 0 Å². The van der Waals surface area contributed by atoms with Crippen molar-refractivity contribution in [2.24, 2.45) is 0 Å². The smallest absolute Gasteiger partial charge is 0.128 e. The van der Waals surface area contributed by atoms with Crippen molar-refractivity contribution in [1.29, 1.82) is 0 Å². The van der Waals surface area contributed by atoms with Gasteiger partial charge in [0.1, 0.15) is 5.82 Å². The molecule has 0 bridgehead atoms. The first-order valence-electron chi connectivity index (χ1n) is 5.41. The molecule has 1 fully saturated rings. The summed E-state index contributed by atoms with van der Waals surface area (Å²) in [5.74, 6) is 1.07. The Hall–Kier alpha value is -1.35. The van der Waals surface area contributed by atoms with Crippen molar-refractivity contribution in [3.05, 3.63) is 37.1 Å². The molecule has 1 aliphatic rings. The Morgan fingerprint density at radius 2 is 2.53 bits per heavy atom. The molecule has 1 atom stereocenters. The van der Waals surface area contributed by atoms with Crippen molar-refractivity contribution in [2.75, 3.05) is 24.5 Å². The van der Waals surface area contributed by atoms with Gasteiger partial charge in [0.05, 0.1) is 0 Å². The van der Waals surface area contributed by atoms with Crippen molar-refractivity contribution < 1.29 is 0 Å². The molecule has 80 valence electrons. The van der Waals surface area contributed by atoms with Gasteiger partial charge in [-0.15, -0.1) is 6.58 Å². The summed E-state index contributed by atoms with van der Waals surface area (Å²) in [5.41, 5.74) is 0. The number of rotatable bonds is 3. The van der Waals surface area contributed by atoms with Crippen LogP contribution in [0.25, 0.3) is 0 Å². The van der Waals surface area contributed by atoms with Crippen LogP contribution < -0.4 is 10.2 Å². The number of anilines is 1. The number of nitrogens with one attached hydrogen (secondary N) is 1. The highest BCUT2D eigenvalue weighted by Gasteiger charge is 2.21. The van der Waals surface area contributed by atoms with Gasteiger partial charge >= 0.3 is 0 Å². The van der Waals surface area contributed by atoms with E-state index >= 15 is 0 Å². The van der Waals surface area contributed by atoms with E-state index in [4.69, 9.17) is 0 Å². The van der Waals surface area contributed by atoms with Crippen LogP contribution in [0.4, 0.5) is 5.82 Å². The number of piperazine rings is 1. The minimum Gasteiger partial charge on any atom is -0.351 e. The molecule has 2 heterocycles. The molecule has 15 heavy (non-hydrogen) atoms. The average Bonchev–Trinajstić information content (AvgIpc) is 2.31. The highest BCUT2D eigenvalue weighted by Crippen LogP contribution is 2.16. The summed E-state index contributed by atoms with van der Waals surface area (Å²) >= 11 is 0. The number of pyridine rings is 1. The molecule has 0 aliphatic carbocycles. The van der Waals surface area contributed by atoms with Crippen LogP contribution in [0.3, 0.4) is 0 Å². The third-order valence-corrected chi connectivity index (χ3v) is 2.73. The van der Waals surface area contributed by atoms with Crippen molar-refractivity contribution >= 4 is 5.82 Å². The quantitative estimate of drug-likeness (QED) is 0.753. The zero-order chi connectivity index (χ0) is 10.5. The van der Waals surface area contributed by atoms with Crippen molar-refractivity contribution in [2.45, 2.75) is 12.5 Å². The van der Waals surface area contributed by atoms with Crippen molar-refractivity contribution in [3.8, 4) is 0 Å². The largest absolute Gasteiger partial charge is 0.351 e. The van der Waals surface area contributed by atoms with E-state index in [2.05, 4.69) is 27.8 Å². The standard InChI is InChI=1S/C12H17N3/c1-2-5-11-10-13-8-9-15(11)12-6-3-4-7-14-12/h2-4,6-7,11,13H,1,5,8-10H2. The Labute approximate surface area is 90.8 Å². The minimum absolute atomic E-state index is 0.492. The zero-order valence-electron chi connectivity index (χ0n) is 8.89. The number of nitrogens with zero attached hydrogens (tertiary/aromatic N) is 2. The lowest BCUT2D eigenvalue weighted by atomic mass is 10.1. The summed E-state index contributed by atoms with van der Waals surface area (Å²) in [4.78, 5) is 6.76. The fraction of sp³-hybridized carbons (Fsp3) is 0.417. The predicted octanol–water partition coefficient (Wildman–Crippen LogP) is 1.44. The second-order valence-corrected chi connectivity index (χ2v) is 3.76. The molecule has 1 aromatic heterocycles. The molecule has 0 aromatic carbocycles. The van der Waals surface area contributed by atoms with E-state index in [0.29, 0.717) is 6.04 Å². The van der Waals surface area contributed by atoms with Gasteiger partial charge in [-0.1, -0.05) is 12.1 Å². The second-order valence-electron chi connectivity index (χ2n) is 3.76. The summed E-state index contributed by atoms with van der Waals surface area (Å²) in [5, 5.41) is 3.40. The van der Waals surface area contributed by atoms with Gasteiger partial charge in [-0.25, -0.2) is 4.98 Å². The summed E-state index contributed by atoms with van der Waals surface area (Å²) in [7, 11) is 0. The SMILES string of the molecule is C=CCC1CNCCN1c1ccccn1. The third kappa shape index (κ3) is 2.36. The Bertz CT molecular complexity index is 310. The maximum atomic E-state index is 4.40.